The monoisotopic (exact) mass is 252 g/mol. The lowest BCUT2D eigenvalue weighted by Crippen LogP contribution is -2.20. The Morgan fingerprint density at radius 3 is 2.29 bits per heavy atom. The molecule has 0 aliphatic heterocycles. The van der Waals surface area contributed by atoms with Crippen molar-refractivity contribution in [2.75, 3.05) is 14.1 Å². The van der Waals surface area contributed by atoms with E-state index in [1.165, 1.54) is 12.8 Å². The zero-order chi connectivity index (χ0) is 13.2. The Kier molecular flexibility index (Phi) is 4.27. The van der Waals surface area contributed by atoms with E-state index in [9.17, 15) is 0 Å². The van der Waals surface area contributed by atoms with Crippen molar-refractivity contribution in [2.45, 2.75) is 33.6 Å². The highest BCUT2D eigenvalue weighted by atomic mass is 35.5. The molecule has 1 atom stereocenters. The van der Waals surface area contributed by atoms with Crippen LogP contribution in [0, 0.1) is 23.7 Å². The van der Waals surface area contributed by atoms with E-state index in [0.29, 0.717) is 11.0 Å². The smallest absolute Gasteiger partial charge is 0.101 e. The number of hydrogen-bond donors (Lipinski definition) is 0. The Bertz CT molecular complexity index is 397. The predicted molar refractivity (Wildman–Crippen MR) is 75.0 cm³/mol. The number of terminal acetylenes is 1. The molecule has 1 saturated carbocycles. The van der Waals surface area contributed by atoms with Gasteiger partial charge in [0.25, 0.3) is 0 Å². The van der Waals surface area contributed by atoms with E-state index >= 15 is 0 Å². The molecule has 0 heterocycles. The summed E-state index contributed by atoms with van der Waals surface area (Å²) in [6.45, 7) is 5.92. The van der Waals surface area contributed by atoms with Crippen molar-refractivity contribution in [3.8, 4) is 12.3 Å². The number of halogens is 1. The van der Waals surface area contributed by atoms with Gasteiger partial charge in [0.05, 0.1) is 16.1 Å². The van der Waals surface area contributed by atoms with Crippen molar-refractivity contribution < 1.29 is 0 Å². The van der Waals surface area contributed by atoms with Crippen LogP contribution in [0.1, 0.15) is 33.6 Å². The van der Waals surface area contributed by atoms with Gasteiger partial charge in [-0.15, -0.1) is 6.42 Å². The summed E-state index contributed by atoms with van der Waals surface area (Å²) in [6.07, 6.45) is 7.98. The van der Waals surface area contributed by atoms with Crippen LogP contribution in [0.2, 0.25) is 0 Å². The summed E-state index contributed by atoms with van der Waals surface area (Å²) in [5.74, 6) is 4.30. The molecule has 94 valence electrons. The number of nitrogens with zero attached hydrogens (tertiary/aromatic N) is 2. The van der Waals surface area contributed by atoms with Crippen molar-refractivity contribution in [3.05, 3.63) is 10.7 Å². The number of amidine groups is 1. The van der Waals surface area contributed by atoms with E-state index in [-0.39, 0.29) is 5.41 Å². The molecule has 3 heteroatoms. The van der Waals surface area contributed by atoms with Gasteiger partial charge >= 0.3 is 0 Å². The first-order valence-electron chi connectivity index (χ1n) is 5.90. The minimum Gasteiger partial charge on any atom is -0.366 e. The molecular formula is C14H21ClN2. The molecular weight excluding hydrogens is 232 g/mol. The van der Waals surface area contributed by atoms with Crippen LogP contribution in [0.15, 0.2) is 15.7 Å². The number of rotatable bonds is 3. The van der Waals surface area contributed by atoms with Gasteiger partial charge in [0.2, 0.25) is 0 Å². The van der Waals surface area contributed by atoms with Gasteiger partial charge in [0, 0.05) is 14.1 Å². The molecule has 0 spiro atoms. The first-order valence-corrected chi connectivity index (χ1v) is 6.28. The molecule has 0 radical (unpaired) electrons. The molecule has 0 saturated heterocycles. The van der Waals surface area contributed by atoms with Gasteiger partial charge in [-0.3, -0.25) is 0 Å². The lowest BCUT2D eigenvalue weighted by molar-refractivity contribution is 0.479. The molecule has 0 aromatic rings. The van der Waals surface area contributed by atoms with E-state index in [1.807, 2.05) is 39.8 Å². The fourth-order valence-electron chi connectivity index (χ4n) is 1.79. The normalized spacial score (nSPS) is 21.4. The summed E-state index contributed by atoms with van der Waals surface area (Å²) in [6, 6.07) is 0. The Balaban J connectivity index is 3.04. The quantitative estimate of drug-likeness (QED) is 0.427. The fraction of sp³-hybridized carbons (Fsp3) is 0.643. The third-order valence-electron chi connectivity index (χ3n) is 3.44. The molecule has 0 aromatic heterocycles. The predicted octanol–water partition coefficient (Wildman–Crippen LogP) is 3.49. The molecule has 1 unspecified atom stereocenters. The second-order valence-corrected chi connectivity index (χ2v) is 5.45. The number of aliphatic imine (C=N–C) groups is 1. The first-order chi connectivity index (χ1) is 7.82. The van der Waals surface area contributed by atoms with Gasteiger partial charge in [0.1, 0.15) is 5.84 Å². The second kappa shape index (κ2) is 5.14. The van der Waals surface area contributed by atoms with Crippen LogP contribution in [-0.4, -0.2) is 24.8 Å². The van der Waals surface area contributed by atoms with Gasteiger partial charge in [-0.2, -0.15) is 0 Å². The zero-order valence-electron chi connectivity index (χ0n) is 11.3. The standard InChI is InChI=1S/C14H21ClN2/c1-7-14(4,12-8-9-12)13(15)10(2)16-11(3)17(5)6/h1,12H,8-9H2,2-6H3/b13-10+,16-11+. The van der Waals surface area contributed by atoms with E-state index in [2.05, 4.69) is 10.9 Å². The summed E-state index contributed by atoms with van der Waals surface area (Å²) in [5.41, 5.74) is 0.479. The maximum absolute atomic E-state index is 6.43. The number of hydrogen-bond acceptors (Lipinski definition) is 1. The van der Waals surface area contributed by atoms with Crippen LogP contribution < -0.4 is 0 Å². The molecule has 2 nitrogen and oxygen atoms in total. The first kappa shape index (κ1) is 14.1. The molecule has 17 heavy (non-hydrogen) atoms. The molecule has 0 aromatic carbocycles. The minimum atomic E-state index is -0.346. The van der Waals surface area contributed by atoms with E-state index in [1.54, 1.807) is 0 Å². The Morgan fingerprint density at radius 1 is 1.41 bits per heavy atom. The summed E-state index contributed by atoms with van der Waals surface area (Å²) < 4.78 is 0. The average molecular weight is 253 g/mol. The van der Waals surface area contributed by atoms with Gasteiger partial charge in [-0.25, -0.2) is 4.99 Å². The largest absolute Gasteiger partial charge is 0.366 e. The van der Waals surface area contributed by atoms with Gasteiger partial charge < -0.3 is 4.90 Å². The molecule has 0 N–H and O–H groups in total. The summed E-state index contributed by atoms with van der Waals surface area (Å²) in [4.78, 5) is 6.45. The highest BCUT2D eigenvalue weighted by Crippen LogP contribution is 2.51. The van der Waals surface area contributed by atoms with Crippen LogP contribution in [0.5, 0.6) is 0 Å². The maximum Gasteiger partial charge on any atom is 0.101 e. The van der Waals surface area contributed by atoms with Crippen LogP contribution in [0.25, 0.3) is 0 Å². The van der Waals surface area contributed by atoms with E-state index < -0.39 is 0 Å². The fourth-order valence-corrected chi connectivity index (χ4v) is 2.04. The molecule has 0 bridgehead atoms. The van der Waals surface area contributed by atoms with Crippen LogP contribution in [0.4, 0.5) is 0 Å². The van der Waals surface area contributed by atoms with E-state index in [4.69, 9.17) is 18.0 Å². The Morgan fingerprint density at radius 2 is 1.94 bits per heavy atom. The van der Waals surface area contributed by atoms with Gasteiger partial charge in [-0.05, 0) is 39.5 Å². The van der Waals surface area contributed by atoms with Crippen molar-refractivity contribution in [2.24, 2.45) is 16.3 Å². The lowest BCUT2D eigenvalue weighted by atomic mass is 9.84. The van der Waals surface area contributed by atoms with Crippen LogP contribution >= 0.6 is 11.6 Å². The maximum atomic E-state index is 6.43. The molecule has 1 aliphatic carbocycles. The Labute approximate surface area is 110 Å². The van der Waals surface area contributed by atoms with Gasteiger partial charge in [0.15, 0.2) is 0 Å². The van der Waals surface area contributed by atoms with Crippen molar-refractivity contribution in [1.29, 1.82) is 0 Å². The number of allylic oxidation sites excluding steroid dienone is 2. The van der Waals surface area contributed by atoms with Gasteiger partial charge in [-0.1, -0.05) is 17.5 Å². The topological polar surface area (TPSA) is 15.6 Å². The second-order valence-electron chi connectivity index (χ2n) is 5.07. The van der Waals surface area contributed by atoms with Crippen molar-refractivity contribution >= 4 is 17.4 Å². The minimum absolute atomic E-state index is 0.346. The third-order valence-corrected chi connectivity index (χ3v) is 4.11. The summed E-state index contributed by atoms with van der Waals surface area (Å²) in [7, 11) is 3.92. The molecule has 0 amide bonds. The SMILES string of the molecule is C#CC(C)(/C(Cl)=C(C)\N=C(/C)N(C)C)C1CC1. The van der Waals surface area contributed by atoms with Crippen molar-refractivity contribution in [1.82, 2.24) is 4.90 Å². The van der Waals surface area contributed by atoms with Crippen LogP contribution in [-0.2, 0) is 0 Å². The summed E-state index contributed by atoms with van der Waals surface area (Å²) >= 11 is 6.43. The molecule has 1 fully saturated rings. The average Bonchev–Trinajstić information content (AvgIpc) is 3.10. The van der Waals surface area contributed by atoms with E-state index in [0.717, 1.165) is 11.5 Å². The lowest BCUT2D eigenvalue weighted by Gasteiger charge is -2.24. The zero-order valence-corrected chi connectivity index (χ0v) is 12.1. The summed E-state index contributed by atoms with van der Waals surface area (Å²) in [5, 5.41) is 0.712. The Hall–Kier alpha value is -0.940. The van der Waals surface area contributed by atoms with Crippen LogP contribution in [0.3, 0.4) is 0 Å². The third kappa shape index (κ3) is 3.04. The highest BCUT2D eigenvalue weighted by Gasteiger charge is 2.43. The highest BCUT2D eigenvalue weighted by molar-refractivity contribution is 6.31. The molecule has 1 aliphatic rings. The molecule has 1 rings (SSSR count). The van der Waals surface area contributed by atoms with Crippen molar-refractivity contribution in [3.63, 3.8) is 0 Å².